The van der Waals surface area contributed by atoms with E-state index in [-0.39, 0.29) is 0 Å². The molecule has 0 fully saturated rings. The van der Waals surface area contributed by atoms with Gasteiger partial charge < -0.3 is 0 Å². The summed E-state index contributed by atoms with van der Waals surface area (Å²) in [5.74, 6) is -0.435. The Morgan fingerprint density at radius 3 is 3.25 bits per heavy atom. The van der Waals surface area contributed by atoms with E-state index in [0.717, 1.165) is 0 Å². The molecule has 0 atom stereocenters. The Morgan fingerprint density at radius 2 is 2.38 bits per heavy atom. The summed E-state index contributed by atoms with van der Waals surface area (Å²) in [5, 5.41) is 3.45. The van der Waals surface area contributed by atoms with Gasteiger partial charge in [-0.1, -0.05) is 6.08 Å². The molecule has 1 N–H and O–H groups in total. The number of rotatable bonds is 0. The molecule has 1 heterocycles. The van der Waals surface area contributed by atoms with E-state index < -0.39 is 5.95 Å². The van der Waals surface area contributed by atoms with Crippen molar-refractivity contribution in [2.45, 2.75) is 0 Å². The summed E-state index contributed by atoms with van der Waals surface area (Å²) in [6, 6.07) is 0. The van der Waals surface area contributed by atoms with Gasteiger partial charge in [-0.3, -0.25) is 5.43 Å². The lowest BCUT2D eigenvalue weighted by molar-refractivity contribution is 0.557. The maximum atomic E-state index is 12.0. The Hall–Kier alpha value is -1.12. The summed E-state index contributed by atoms with van der Waals surface area (Å²) in [7, 11) is 0. The second kappa shape index (κ2) is 2.26. The van der Waals surface area contributed by atoms with Crippen LogP contribution in [0.4, 0.5) is 4.39 Å². The fraction of sp³-hybridized carbons (Fsp3) is 0. The maximum absolute atomic E-state index is 12.0. The zero-order valence-corrected chi connectivity index (χ0v) is 4.13. The Morgan fingerprint density at radius 1 is 1.50 bits per heavy atom. The quantitative estimate of drug-likeness (QED) is 0.463. The third-order valence-electron chi connectivity index (χ3n) is 0.686. The molecule has 0 aromatic carbocycles. The van der Waals surface area contributed by atoms with Gasteiger partial charge in [0.25, 0.3) is 0 Å². The molecule has 0 unspecified atom stereocenters. The molecule has 0 aliphatic carbocycles. The van der Waals surface area contributed by atoms with Crippen LogP contribution < -0.4 is 5.43 Å². The molecule has 0 aromatic rings. The van der Waals surface area contributed by atoms with E-state index in [1.54, 1.807) is 12.2 Å². The fourth-order valence-electron chi connectivity index (χ4n) is 0.369. The number of halogens is 1. The van der Waals surface area contributed by atoms with Gasteiger partial charge >= 0.3 is 0 Å². The molecule has 42 valence electrons. The molecular weight excluding hydrogens is 107 g/mol. The third kappa shape index (κ3) is 1.18. The van der Waals surface area contributed by atoms with Crippen LogP contribution in [0.5, 0.6) is 0 Å². The predicted octanol–water partition coefficient (Wildman–Crippen LogP) is 0.942. The van der Waals surface area contributed by atoms with E-state index in [1.807, 2.05) is 0 Å². The highest BCUT2D eigenvalue weighted by Crippen LogP contribution is 1.92. The first-order chi connectivity index (χ1) is 3.89. The largest absolute Gasteiger partial charge is 0.253 e. The minimum Gasteiger partial charge on any atom is -0.253 e. The Balaban J connectivity index is 2.69. The molecule has 1 aliphatic heterocycles. The molecule has 0 radical (unpaired) electrons. The van der Waals surface area contributed by atoms with Crippen molar-refractivity contribution in [3.8, 4) is 0 Å². The van der Waals surface area contributed by atoms with E-state index >= 15 is 0 Å². The minimum atomic E-state index is -0.435. The van der Waals surface area contributed by atoms with Crippen LogP contribution in [0.2, 0.25) is 0 Å². The van der Waals surface area contributed by atoms with Crippen LogP contribution in [-0.2, 0) is 0 Å². The van der Waals surface area contributed by atoms with E-state index in [2.05, 4.69) is 10.5 Å². The van der Waals surface area contributed by atoms with Crippen molar-refractivity contribution < 1.29 is 4.39 Å². The van der Waals surface area contributed by atoms with Crippen molar-refractivity contribution in [1.82, 2.24) is 5.43 Å². The normalized spacial score (nSPS) is 16.9. The Bertz CT molecular complexity index is 158. The van der Waals surface area contributed by atoms with Gasteiger partial charge in [0.15, 0.2) is 0 Å². The Kier molecular flexibility index (Phi) is 1.42. The standard InChI is InChI=1S/C5H5FN2/c6-5-3-1-2-4-7-8-5/h1-4,8H. The lowest BCUT2D eigenvalue weighted by Crippen LogP contribution is -1.97. The van der Waals surface area contributed by atoms with Crippen molar-refractivity contribution in [3.05, 3.63) is 24.2 Å². The zero-order chi connectivity index (χ0) is 5.82. The lowest BCUT2D eigenvalue weighted by Gasteiger charge is -1.87. The molecular formula is C5H5FN2. The second-order valence-corrected chi connectivity index (χ2v) is 1.29. The molecule has 8 heavy (non-hydrogen) atoms. The SMILES string of the molecule is FC1=CC=CC=NN1. The molecule has 2 nitrogen and oxygen atoms in total. The van der Waals surface area contributed by atoms with E-state index in [1.165, 1.54) is 12.3 Å². The first-order valence-corrected chi connectivity index (χ1v) is 2.21. The third-order valence-corrected chi connectivity index (χ3v) is 0.686. The summed E-state index contributed by atoms with van der Waals surface area (Å²) in [6.07, 6.45) is 5.98. The smallest absolute Gasteiger partial charge is 0.207 e. The van der Waals surface area contributed by atoms with E-state index in [0.29, 0.717) is 0 Å². The highest BCUT2D eigenvalue weighted by molar-refractivity contribution is 5.71. The van der Waals surface area contributed by atoms with Crippen molar-refractivity contribution in [2.24, 2.45) is 5.10 Å². The lowest BCUT2D eigenvalue weighted by atomic mass is 10.5. The molecule has 1 aliphatic rings. The monoisotopic (exact) mass is 112 g/mol. The highest BCUT2D eigenvalue weighted by atomic mass is 19.1. The van der Waals surface area contributed by atoms with Crippen molar-refractivity contribution >= 4 is 6.21 Å². The number of hydrogen-bond donors (Lipinski definition) is 1. The Labute approximate surface area is 46.4 Å². The molecule has 0 bridgehead atoms. The predicted molar refractivity (Wildman–Crippen MR) is 30.0 cm³/mol. The van der Waals surface area contributed by atoms with Crippen LogP contribution in [0.3, 0.4) is 0 Å². The summed E-state index contributed by atoms with van der Waals surface area (Å²) < 4.78 is 12.0. The molecule has 3 heteroatoms. The minimum absolute atomic E-state index is 0.435. The van der Waals surface area contributed by atoms with Crippen LogP contribution in [0.25, 0.3) is 0 Å². The van der Waals surface area contributed by atoms with Crippen LogP contribution in [-0.4, -0.2) is 6.21 Å². The van der Waals surface area contributed by atoms with Crippen LogP contribution in [0, 0.1) is 0 Å². The number of hydrogen-bond acceptors (Lipinski definition) is 2. The van der Waals surface area contributed by atoms with E-state index in [4.69, 9.17) is 0 Å². The van der Waals surface area contributed by atoms with Gasteiger partial charge in [0.05, 0.1) is 0 Å². The number of allylic oxidation sites excluding steroid dienone is 3. The van der Waals surface area contributed by atoms with E-state index in [9.17, 15) is 4.39 Å². The summed E-state index contributed by atoms with van der Waals surface area (Å²) in [6.45, 7) is 0. The average molecular weight is 112 g/mol. The molecule has 0 spiro atoms. The first kappa shape index (κ1) is 5.03. The van der Waals surface area contributed by atoms with Gasteiger partial charge in [-0.05, 0) is 12.2 Å². The van der Waals surface area contributed by atoms with Crippen LogP contribution in [0.1, 0.15) is 0 Å². The topological polar surface area (TPSA) is 24.4 Å². The van der Waals surface area contributed by atoms with Gasteiger partial charge in [0, 0.05) is 6.21 Å². The molecule has 1 rings (SSSR count). The van der Waals surface area contributed by atoms with Gasteiger partial charge in [-0.25, -0.2) is 0 Å². The van der Waals surface area contributed by atoms with Gasteiger partial charge in [-0.15, -0.1) is 0 Å². The molecule has 0 amide bonds. The summed E-state index contributed by atoms with van der Waals surface area (Å²) >= 11 is 0. The van der Waals surface area contributed by atoms with Crippen LogP contribution in [0.15, 0.2) is 29.3 Å². The van der Waals surface area contributed by atoms with Crippen molar-refractivity contribution in [3.63, 3.8) is 0 Å². The number of hydrazone groups is 1. The van der Waals surface area contributed by atoms with Crippen molar-refractivity contribution in [1.29, 1.82) is 0 Å². The van der Waals surface area contributed by atoms with Gasteiger partial charge in [0.2, 0.25) is 5.95 Å². The van der Waals surface area contributed by atoms with Crippen LogP contribution >= 0.6 is 0 Å². The fourth-order valence-corrected chi connectivity index (χ4v) is 0.369. The summed E-state index contributed by atoms with van der Waals surface area (Å²) in [5.41, 5.74) is 2.15. The first-order valence-electron chi connectivity index (χ1n) is 2.21. The summed E-state index contributed by atoms with van der Waals surface area (Å²) in [4.78, 5) is 0. The van der Waals surface area contributed by atoms with Gasteiger partial charge in [-0.2, -0.15) is 9.49 Å². The second-order valence-electron chi connectivity index (χ2n) is 1.29. The number of nitrogens with one attached hydrogen (secondary N) is 1. The number of nitrogens with zero attached hydrogens (tertiary/aromatic N) is 1. The molecule has 0 saturated heterocycles. The highest BCUT2D eigenvalue weighted by Gasteiger charge is 1.86. The zero-order valence-electron chi connectivity index (χ0n) is 4.13. The maximum Gasteiger partial charge on any atom is 0.207 e. The average Bonchev–Trinajstić information content (AvgIpc) is 1.94. The molecule has 0 aromatic heterocycles. The van der Waals surface area contributed by atoms with Crippen molar-refractivity contribution in [2.75, 3.05) is 0 Å². The molecule has 0 saturated carbocycles. The van der Waals surface area contributed by atoms with Gasteiger partial charge in [0.1, 0.15) is 0 Å².